The summed E-state index contributed by atoms with van der Waals surface area (Å²) in [6, 6.07) is 0. The molecule has 0 fully saturated rings. The van der Waals surface area contributed by atoms with Crippen molar-refractivity contribution in [2.75, 3.05) is 65.7 Å². The molecule has 0 aliphatic rings. The minimum absolute atomic E-state index is 0. The maximum atomic E-state index is 8.82. The smallest absolute Gasteiger partial charge is 0.0558 e. The molecule has 0 rings (SSSR count). The summed E-state index contributed by atoms with van der Waals surface area (Å²) in [5, 5.41) is 35.3. The van der Waals surface area contributed by atoms with Crippen molar-refractivity contribution in [3.05, 3.63) is 0 Å². The Balaban J connectivity index is 0. The van der Waals surface area contributed by atoms with Gasteiger partial charge < -0.3 is 20.4 Å². The zero-order valence-electron chi connectivity index (χ0n) is 10.3. The van der Waals surface area contributed by atoms with Crippen LogP contribution in [0.4, 0.5) is 0 Å². The van der Waals surface area contributed by atoms with Crippen LogP contribution in [0.3, 0.4) is 0 Å². The van der Waals surface area contributed by atoms with Crippen LogP contribution < -0.4 is 0 Å². The van der Waals surface area contributed by atoms with E-state index in [-0.39, 0.29) is 48.1 Å². The monoisotopic (exact) mass is 284 g/mol. The molecule has 0 saturated heterocycles. The van der Waals surface area contributed by atoms with Gasteiger partial charge in [0.15, 0.2) is 0 Å². The van der Waals surface area contributed by atoms with Crippen LogP contribution in [0.1, 0.15) is 0 Å². The molecule has 17 heavy (non-hydrogen) atoms. The predicted molar refractivity (Wildman–Crippen MR) is 61.2 cm³/mol. The molecular formula is C10H24N2O4Ti. The molecule has 0 amide bonds. The van der Waals surface area contributed by atoms with Crippen molar-refractivity contribution < 1.29 is 42.1 Å². The summed E-state index contributed by atoms with van der Waals surface area (Å²) in [5.74, 6) is 0. The first-order valence-electron chi connectivity index (χ1n) is 5.66. The second-order valence-electron chi connectivity index (χ2n) is 3.58. The van der Waals surface area contributed by atoms with Gasteiger partial charge in [0.2, 0.25) is 0 Å². The Labute approximate surface area is 118 Å². The minimum Gasteiger partial charge on any atom is -0.395 e. The summed E-state index contributed by atoms with van der Waals surface area (Å²) in [5.41, 5.74) is 0. The number of nitrogens with zero attached hydrogens (tertiary/aromatic N) is 2. The van der Waals surface area contributed by atoms with E-state index < -0.39 is 0 Å². The van der Waals surface area contributed by atoms with E-state index in [4.69, 9.17) is 20.4 Å². The maximum Gasteiger partial charge on any atom is 0.0558 e. The fourth-order valence-corrected chi connectivity index (χ4v) is 1.52. The molecule has 0 spiro atoms. The summed E-state index contributed by atoms with van der Waals surface area (Å²) < 4.78 is 0. The summed E-state index contributed by atoms with van der Waals surface area (Å²) in [6.45, 7) is 3.83. The zero-order chi connectivity index (χ0) is 12.2. The normalized spacial score (nSPS) is 10.9. The molecule has 102 valence electrons. The molecule has 0 aliphatic carbocycles. The van der Waals surface area contributed by atoms with Crippen molar-refractivity contribution in [2.45, 2.75) is 0 Å². The quantitative estimate of drug-likeness (QED) is 0.315. The van der Waals surface area contributed by atoms with Crippen molar-refractivity contribution in [1.82, 2.24) is 9.80 Å². The summed E-state index contributed by atoms with van der Waals surface area (Å²) in [4.78, 5) is 3.89. The third-order valence-electron chi connectivity index (χ3n) is 2.40. The Morgan fingerprint density at radius 2 is 0.706 bits per heavy atom. The van der Waals surface area contributed by atoms with Gasteiger partial charge in [0.25, 0.3) is 0 Å². The van der Waals surface area contributed by atoms with Crippen LogP contribution in [-0.2, 0) is 21.7 Å². The number of aliphatic hydroxyl groups is 4. The third kappa shape index (κ3) is 11.3. The van der Waals surface area contributed by atoms with Gasteiger partial charge in [0, 0.05) is 61.0 Å². The molecule has 0 heterocycles. The van der Waals surface area contributed by atoms with E-state index in [1.54, 1.807) is 0 Å². The van der Waals surface area contributed by atoms with Crippen molar-refractivity contribution in [3.8, 4) is 0 Å². The van der Waals surface area contributed by atoms with Crippen LogP contribution >= 0.6 is 0 Å². The molecule has 0 aliphatic heterocycles. The number of hydrogen-bond donors (Lipinski definition) is 4. The molecule has 4 N–H and O–H groups in total. The zero-order valence-corrected chi connectivity index (χ0v) is 11.8. The number of hydrogen-bond acceptors (Lipinski definition) is 6. The van der Waals surface area contributed by atoms with Crippen molar-refractivity contribution in [1.29, 1.82) is 0 Å². The van der Waals surface area contributed by atoms with Crippen LogP contribution in [0.15, 0.2) is 0 Å². The average Bonchev–Trinajstić information content (AvgIpc) is 2.27. The molecule has 0 unspecified atom stereocenters. The van der Waals surface area contributed by atoms with Gasteiger partial charge >= 0.3 is 0 Å². The van der Waals surface area contributed by atoms with Crippen molar-refractivity contribution >= 4 is 0 Å². The number of rotatable bonds is 11. The molecule has 7 heteroatoms. The Morgan fingerprint density at radius 3 is 0.882 bits per heavy atom. The fraction of sp³-hybridized carbons (Fsp3) is 1.00. The standard InChI is InChI=1S/C10H24N2O4.Ti/c13-7-3-11(4-8-14)1-2-12(5-9-15)6-10-16;/h13-16H,1-10H2;. The van der Waals surface area contributed by atoms with Crippen LogP contribution in [0.2, 0.25) is 0 Å². The van der Waals surface area contributed by atoms with E-state index >= 15 is 0 Å². The van der Waals surface area contributed by atoms with Crippen LogP contribution in [0.5, 0.6) is 0 Å². The first-order valence-corrected chi connectivity index (χ1v) is 5.66. The summed E-state index contributed by atoms with van der Waals surface area (Å²) in [6.07, 6.45) is 0. The molecule has 0 aromatic carbocycles. The molecular weight excluding hydrogens is 260 g/mol. The van der Waals surface area contributed by atoms with Gasteiger partial charge in [0.05, 0.1) is 26.4 Å². The Morgan fingerprint density at radius 1 is 0.471 bits per heavy atom. The summed E-state index contributed by atoms with van der Waals surface area (Å²) in [7, 11) is 0. The molecule has 0 radical (unpaired) electrons. The predicted octanol–water partition coefficient (Wildman–Crippen LogP) is -2.44. The van der Waals surface area contributed by atoms with Gasteiger partial charge in [-0.1, -0.05) is 0 Å². The van der Waals surface area contributed by atoms with Gasteiger partial charge in [-0.05, 0) is 0 Å². The largest absolute Gasteiger partial charge is 0.395 e. The third-order valence-corrected chi connectivity index (χ3v) is 2.40. The van der Waals surface area contributed by atoms with Gasteiger partial charge in [-0.3, -0.25) is 9.80 Å². The van der Waals surface area contributed by atoms with E-state index in [1.807, 2.05) is 9.80 Å². The first kappa shape index (κ1) is 19.8. The fourth-order valence-electron chi connectivity index (χ4n) is 1.52. The van der Waals surface area contributed by atoms with Crippen LogP contribution in [0, 0.1) is 0 Å². The van der Waals surface area contributed by atoms with Gasteiger partial charge in [0.1, 0.15) is 0 Å². The van der Waals surface area contributed by atoms with E-state index in [2.05, 4.69) is 0 Å². The second-order valence-corrected chi connectivity index (χ2v) is 3.58. The van der Waals surface area contributed by atoms with E-state index in [1.165, 1.54) is 0 Å². The Kier molecular flexibility index (Phi) is 16.9. The molecule has 0 aromatic heterocycles. The van der Waals surface area contributed by atoms with E-state index in [0.717, 1.165) is 0 Å². The Bertz CT molecular complexity index is 126. The molecule has 6 nitrogen and oxygen atoms in total. The average molecular weight is 284 g/mol. The van der Waals surface area contributed by atoms with Crippen LogP contribution in [-0.4, -0.2) is 95.9 Å². The van der Waals surface area contributed by atoms with E-state index in [0.29, 0.717) is 39.3 Å². The molecule has 0 aromatic rings. The van der Waals surface area contributed by atoms with Crippen molar-refractivity contribution in [2.24, 2.45) is 0 Å². The number of aliphatic hydroxyl groups excluding tert-OH is 4. The minimum atomic E-state index is 0. The second kappa shape index (κ2) is 14.5. The molecule has 0 saturated carbocycles. The maximum absolute atomic E-state index is 8.82. The summed E-state index contributed by atoms with van der Waals surface area (Å²) >= 11 is 0. The molecule has 0 atom stereocenters. The van der Waals surface area contributed by atoms with Gasteiger partial charge in [-0.15, -0.1) is 0 Å². The topological polar surface area (TPSA) is 87.4 Å². The molecule has 0 bridgehead atoms. The van der Waals surface area contributed by atoms with Gasteiger partial charge in [-0.25, -0.2) is 0 Å². The SMILES string of the molecule is OCCN(CCO)CCN(CCO)CCO.[Ti]. The first-order chi connectivity index (χ1) is 7.78. The Hall–Kier alpha value is 0.474. The van der Waals surface area contributed by atoms with Crippen molar-refractivity contribution in [3.63, 3.8) is 0 Å². The van der Waals surface area contributed by atoms with E-state index in [9.17, 15) is 0 Å². The van der Waals surface area contributed by atoms with Crippen LogP contribution in [0.25, 0.3) is 0 Å². The van der Waals surface area contributed by atoms with Gasteiger partial charge in [-0.2, -0.15) is 0 Å².